The highest BCUT2D eigenvalue weighted by Gasteiger charge is 2.27. The maximum absolute atomic E-state index is 13.1. The van der Waals surface area contributed by atoms with Crippen LogP contribution in [0.3, 0.4) is 0 Å². The number of benzene rings is 4. The Kier molecular flexibility index (Phi) is 5.33. The zero-order valence-corrected chi connectivity index (χ0v) is 18.2. The highest BCUT2D eigenvalue weighted by molar-refractivity contribution is 6.30. The molecule has 3 N–H and O–H groups in total. The molecule has 4 aromatic carbocycles. The fourth-order valence-corrected chi connectivity index (χ4v) is 4.71. The minimum atomic E-state index is -0.727. The van der Waals surface area contributed by atoms with Crippen LogP contribution in [0.4, 0.5) is 0 Å². The summed E-state index contributed by atoms with van der Waals surface area (Å²) in [6, 6.07) is 24.4. The summed E-state index contributed by atoms with van der Waals surface area (Å²) in [7, 11) is 0. The second kappa shape index (κ2) is 8.30. The van der Waals surface area contributed by atoms with E-state index < -0.39 is 6.04 Å². The fraction of sp³-hybridized carbons (Fsp3) is 0.148. The number of fused-ring (bicyclic) bond motifs is 2. The summed E-state index contributed by atoms with van der Waals surface area (Å²) in [4.78, 5) is 14.9. The zero-order valence-electron chi connectivity index (χ0n) is 17.5. The van der Waals surface area contributed by atoms with Crippen molar-refractivity contribution >= 4 is 28.3 Å². The van der Waals surface area contributed by atoms with Gasteiger partial charge < -0.3 is 15.7 Å². The predicted octanol–water partition coefficient (Wildman–Crippen LogP) is 5.45. The summed E-state index contributed by atoms with van der Waals surface area (Å²) >= 11 is 6.07. The van der Waals surface area contributed by atoms with Crippen LogP contribution < -0.4 is 5.73 Å². The number of carbonyl (C=O) groups is 1. The normalized spacial score (nSPS) is 14.2. The number of nitrogens with two attached hydrogens (primary N) is 1. The molecular weight excluding hydrogens is 420 g/mol. The van der Waals surface area contributed by atoms with Crippen molar-refractivity contribution in [3.63, 3.8) is 0 Å². The van der Waals surface area contributed by atoms with Gasteiger partial charge in [0.05, 0.1) is 0 Å². The van der Waals surface area contributed by atoms with E-state index in [1.54, 1.807) is 24.3 Å². The molecule has 160 valence electrons. The molecule has 1 aliphatic rings. The Labute approximate surface area is 191 Å². The van der Waals surface area contributed by atoms with Gasteiger partial charge in [-0.15, -0.1) is 0 Å². The molecule has 4 aromatic rings. The Hall–Kier alpha value is -3.34. The Morgan fingerprint density at radius 2 is 1.75 bits per heavy atom. The molecule has 0 radical (unpaired) electrons. The number of phenolic OH excluding ortho intramolecular Hbond substituents is 1. The summed E-state index contributed by atoms with van der Waals surface area (Å²) in [5.74, 6) is 0.178. The molecule has 32 heavy (non-hydrogen) atoms. The molecule has 0 aromatic heterocycles. The topological polar surface area (TPSA) is 66.6 Å². The first kappa shape index (κ1) is 20.6. The van der Waals surface area contributed by atoms with Crippen LogP contribution in [-0.4, -0.2) is 22.5 Å². The molecule has 1 atom stereocenters. The van der Waals surface area contributed by atoms with Crippen molar-refractivity contribution in [2.75, 3.05) is 6.54 Å². The van der Waals surface area contributed by atoms with Crippen molar-refractivity contribution in [1.29, 1.82) is 0 Å². The van der Waals surface area contributed by atoms with E-state index >= 15 is 0 Å². The Bertz CT molecular complexity index is 1330. The Balaban J connectivity index is 1.42. The van der Waals surface area contributed by atoms with Crippen LogP contribution in [0.1, 0.15) is 22.7 Å². The van der Waals surface area contributed by atoms with Crippen LogP contribution in [-0.2, 0) is 17.8 Å². The Morgan fingerprint density at radius 1 is 0.969 bits per heavy atom. The number of amides is 1. The smallest absolute Gasteiger partial charge is 0.244 e. The highest BCUT2D eigenvalue weighted by atomic mass is 35.5. The van der Waals surface area contributed by atoms with E-state index in [0.29, 0.717) is 18.1 Å². The SMILES string of the molecule is NC(C(=O)N1CCc2c(cccc2-c2ccc3cc(O)ccc3c2)C1)c1cccc(Cl)c1. The number of rotatable bonds is 3. The molecule has 4 nitrogen and oxygen atoms in total. The van der Waals surface area contributed by atoms with E-state index in [9.17, 15) is 9.90 Å². The van der Waals surface area contributed by atoms with Gasteiger partial charge in [-0.1, -0.05) is 60.1 Å². The maximum atomic E-state index is 13.1. The zero-order chi connectivity index (χ0) is 22.2. The van der Waals surface area contributed by atoms with Gasteiger partial charge in [-0.25, -0.2) is 0 Å². The average Bonchev–Trinajstić information content (AvgIpc) is 2.82. The molecule has 0 aliphatic carbocycles. The van der Waals surface area contributed by atoms with Gasteiger partial charge in [0.1, 0.15) is 11.8 Å². The van der Waals surface area contributed by atoms with E-state index in [2.05, 4.69) is 24.3 Å². The van der Waals surface area contributed by atoms with Gasteiger partial charge in [0, 0.05) is 18.1 Å². The number of carbonyl (C=O) groups excluding carboxylic acids is 1. The van der Waals surface area contributed by atoms with Crippen molar-refractivity contribution in [3.8, 4) is 16.9 Å². The number of phenols is 1. The molecule has 1 aliphatic heterocycles. The van der Waals surface area contributed by atoms with Crippen molar-refractivity contribution in [2.45, 2.75) is 19.0 Å². The lowest BCUT2D eigenvalue weighted by molar-refractivity contribution is -0.133. The second-order valence-electron chi connectivity index (χ2n) is 8.23. The number of hydrogen-bond donors (Lipinski definition) is 2. The highest BCUT2D eigenvalue weighted by Crippen LogP contribution is 2.33. The van der Waals surface area contributed by atoms with Crippen molar-refractivity contribution in [2.24, 2.45) is 5.73 Å². The van der Waals surface area contributed by atoms with Gasteiger partial charge >= 0.3 is 0 Å². The molecule has 5 heteroatoms. The molecular formula is C27H23ClN2O2. The quantitative estimate of drug-likeness (QED) is 0.443. The first-order valence-corrected chi connectivity index (χ1v) is 11.0. The van der Waals surface area contributed by atoms with E-state index in [1.165, 1.54) is 11.1 Å². The molecule has 0 saturated heterocycles. The summed E-state index contributed by atoms with van der Waals surface area (Å²) in [5, 5.41) is 12.4. The maximum Gasteiger partial charge on any atom is 0.244 e. The van der Waals surface area contributed by atoms with Gasteiger partial charge in [-0.3, -0.25) is 4.79 Å². The molecule has 1 heterocycles. The standard InChI is InChI=1S/C27H23ClN2O2/c28-22-5-1-3-20(14-22)26(29)27(32)30-12-11-25-21(16-30)4-2-6-24(25)19-8-7-18-15-23(31)10-9-17(18)13-19/h1-10,13-15,26,31H,11-12,16,29H2. The number of halogens is 1. The minimum absolute atomic E-state index is 0.0890. The third kappa shape index (κ3) is 3.83. The molecule has 0 fully saturated rings. The summed E-state index contributed by atoms with van der Waals surface area (Å²) in [5.41, 5.74) is 11.7. The third-order valence-corrected chi connectivity index (χ3v) is 6.42. The van der Waals surface area contributed by atoms with Gasteiger partial charge in [-0.2, -0.15) is 0 Å². The third-order valence-electron chi connectivity index (χ3n) is 6.19. The molecule has 5 rings (SSSR count). The van der Waals surface area contributed by atoms with Gasteiger partial charge in [0.2, 0.25) is 5.91 Å². The van der Waals surface area contributed by atoms with Crippen molar-refractivity contribution in [3.05, 3.63) is 101 Å². The molecule has 0 bridgehead atoms. The number of hydrogen-bond acceptors (Lipinski definition) is 3. The summed E-state index contributed by atoms with van der Waals surface area (Å²) < 4.78 is 0. The average molecular weight is 443 g/mol. The second-order valence-corrected chi connectivity index (χ2v) is 8.67. The van der Waals surface area contributed by atoms with Gasteiger partial charge in [0.25, 0.3) is 0 Å². The van der Waals surface area contributed by atoms with Crippen molar-refractivity contribution in [1.82, 2.24) is 4.90 Å². The lowest BCUT2D eigenvalue weighted by Crippen LogP contribution is -2.41. The summed E-state index contributed by atoms with van der Waals surface area (Å²) in [6.07, 6.45) is 0.771. The number of aromatic hydroxyl groups is 1. The van der Waals surface area contributed by atoms with E-state index in [-0.39, 0.29) is 11.7 Å². The van der Waals surface area contributed by atoms with E-state index in [4.69, 9.17) is 17.3 Å². The van der Waals surface area contributed by atoms with Crippen LogP contribution in [0.15, 0.2) is 78.9 Å². The van der Waals surface area contributed by atoms with Crippen LogP contribution >= 0.6 is 11.6 Å². The molecule has 1 unspecified atom stereocenters. The molecule has 0 spiro atoms. The predicted molar refractivity (Wildman–Crippen MR) is 129 cm³/mol. The van der Waals surface area contributed by atoms with E-state index in [0.717, 1.165) is 33.9 Å². The van der Waals surface area contributed by atoms with Gasteiger partial charge in [-0.05, 0) is 75.3 Å². The van der Waals surface area contributed by atoms with Crippen LogP contribution in [0.25, 0.3) is 21.9 Å². The largest absolute Gasteiger partial charge is 0.508 e. The number of nitrogens with zero attached hydrogens (tertiary/aromatic N) is 1. The van der Waals surface area contributed by atoms with Crippen LogP contribution in [0.5, 0.6) is 5.75 Å². The first-order chi connectivity index (χ1) is 15.5. The van der Waals surface area contributed by atoms with Gasteiger partial charge in [0.15, 0.2) is 0 Å². The van der Waals surface area contributed by atoms with Crippen molar-refractivity contribution < 1.29 is 9.90 Å². The lowest BCUT2D eigenvalue weighted by Gasteiger charge is -2.32. The first-order valence-electron chi connectivity index (χ1n) is 10.6. The fourth-order valence-electron chi connectivity index (χ4n) is 4.51. The van der Waals surface area contributed by atoms with Crippen LogP contribution in [0.2, 0.25) is 5.02 Å². The molecule has 0 saturated carbocycles. The Morgan fingerprint density at radius 3 is 2.59 bits per heavy atom. The minimum Gasteiger partial charge on any atom is -0.508 e. The monoisotopic (exact) mass is 442 g/mol. The van der Waals surface area contributed by atoms with Crippen LogP contribution in [0, 0.1) is 0 Å². The summed E-state index contributed by atoms with van der Waals surface area (Å²) in [6.45, 7) is 1.16. The lowest BCUT2D eigenvalue weighted by atomic mass is 9.89. The molecule has 1 amide bonds. The van der Waals surface area contributed by atoms with E-state index in [1.807, 2.05) is 35.2 Å².